The predicted molar refractivity (Wildman–Crippen MR) is 35.3 cm³/mol. The number of ether oxygens (including phenoxy) is 1. The molecule has 0 bridgehead atoms. The van der Waals surface area contributed by atoms with Crippen molar-refractivity contribution in [3.8, 4) is 0 Å². The summed E-state index contributed by atoms with van der Waals surface area (Å²) in [5.41, 5.74) is -0.103. The summed E-state index contributed by atoms with van der Waals surface area (Å²) in [5, 5.41) is 0. The van der Waals surface area contributed by atoms with E-state index in [4.69, 9.17) is 4.74 Å². The highest BCUT2D eigenvalue weighted by atomic mass is 16.5. The second-order valence-electron chi connectivity index (χ2n) is 2.85. The highest BCUT2D eigenvalue weighted by Gasteiger charge is 2.11. The Hall–Kier alpha value is -0.0400. The molecule has 0 aliphatic rings. The van der Waals surface area contributed by atoms with Crippen LogP contribution in [0, 0.1) is 13.8 Å². The molecule has 48 valence electrons. The third-order valence-corrected chi connectivity index (χ3v) is 0.520. The van der Waals surface area contributed by atoms with Crippen molar-refractivity contribution in [2.24, 2.45) is 0 Å². The minimum Gasteiger partial charge on any atom is -0.373 e. The predicted octanol–water partition coefficient (Wildman–Crippen LogP) is 1.84. The Balaban J connectivity index is 3.39. The van der Waals surface area contributed by atoms with Crippen LogP contribution in [0.2, 0.25) is 0 Å². The third-order valence-electron chi connectivity index (χ3n) is 0.520. The average Bonchev–Trinajstić information content (AvgIpc) is 1.21. The Labute approximate surface area is 52.0 Å². The zero-order valence-corrected chi connectivity index (χ0v) is 5.90. The van der Waals surface area contributed by atoms with E-state index in [1.165, 1.54) is 0 Å². The first-order valence-corrected chi connectivity index (χ1v) is 2.76. The fraction of sp³-hybridized carbons (Fsp3) is 0.714. The molecule has 0 rings (SSSR count). The Morgan fingerprint density at radius 2 is 1.62 bits per heavy atom. The molecule has 0 fully saturated rings. The van der Waals surface area contributed by atoms with Crippen LogP contribution in [0.4, 0.5) is 0 Å². The van der Waals surface area contributed by atoms with Crippen molar-refractivity contribution >= 4 is 0 Å². The van der Waals surface area contributed by atoms with Gasteiger partial charge in [0.25, 0.3) is 0 Å². The summed E-state index contributed by atoms with van der Waals surface area (Å²) >= 11 is 0. The minimum atomic E-state index is -0.157. The van der Waals surface area contributed by atoms with Crippen LogP contribution in [0.1, 0.15) is 20.8 Å². The molecule has 0 aliphatic carbocycles. The fourth-order valence-electron chi connectivity index (χ4n) is 0.500. The molecule has 8 heavy (non-hydrogen) atoms. The van der Waals surface area contributed by atoms with Gasteiger partial charge in [-0.2, -0.15) is 0 Å². The largest absolute Gasteiger partial charge is 0.373 e. The topological polar surface area (TPSA) is 9.23 Å². The average molecular weight is 114 g/mol. The van der Waals surface area contributed by atoms with Crippen molar-refractivity contribution in [3.05, 3.63) is 13.8 Å². The van der Waals surface area contributed by atoms with E-state index in [0.717, 1.165) is 0 Å². The summed E-state index contributed by atoms with van der Waals surface area (Å²) in [7, 11) is 0. The molecule has 2 radical (unpaired) electrons. The molecule has 0 N–H and O–H groups in total. The maximum absolute atomic E-state index is 5.22. The summed E-state index contributed by atoms with van der Waals surface area (Å²) in [6.45, 7) is 13.1. The van der Waals surface area contributed by atoms with Crippen LogP contribution in [-0.4, -0.2) is 11.7 Å². The zero-order valence-electron chi connectivity index (χ0n) is 5.90. The smallest absolute Gasteiger partial charge is 0.0602 e. The van der Waals surface area contributed by atoms with Gasteiger partial charge in [-0.05, 0) is 34.6 Å². The first-order chi connectivity index (χ1) is 3.42. The maximum atomic E-state index is 5.22. The molecule has 0 aromatic rings. The molecule has 0 aliphatic heterocycles. The van der Waals surface area contributed by atoms with Gasteiger partial charge in [-0.3, -0.25) is 0 Å². The van der Waals surface area contributed by atoms with Crippen molar-refractivity contribution in [1.29, 1.82) is 0 Å². The first kappa shape index (κ1) is 7.96. The van der Waals surface area contributed by atoms with E-state index in [1.807, 2.05) is 20.8 Å². The van der Waals surface area contributed by atoms with Gasteiger partial charge >= 0.3 is 0 Å². The monoisotopic (exact) mass is 114 g/mol. The number of hydrogen-bond donors (Lipinski definition) is 0. The van der Waals surface area contributed by atoms with E-state index in [9.17, 15) is 0 Å². The molecule has 1 heteroatoms. The normalized spacial score (nSPS) is 12.8. The molecule has 0 aromatic carbocycles. The highest BCUT2D eigenvalue weighted by Crippen LogP contribution is 2.08. The van der Waals surface area contributed by atoms with E-state index >= 15 is 0 Å². The number of hydrogen-bond acceptors (Lipinski definition) is 1. The molecule has 0 unspecified atom stereocenters. The lowest BCUT2D eigenvalue weighted by Crippen LogP contribution is -2.23. The molecular formula is C7H14O. The maximum Gasteiger partial charge on any atom is 0.0602 e. The summed E-state index contributed by atoms with van der Waals surface area (Å²) < 4.78 is 5.22. The Morgan fingerprint density at radius 1 is 1.25 bits per heavy atom. The first-order valence-electron chi connectivity index (χ1n) is 2.76. The minimum absolute atomic E-state index is 0.103. The van der Waals surface area contributed by atoms with Gasteiger partial charge in [0.2, 0.25) is 0 Å². The van der Waals surface area contributed by atoms with E-state index < -0.39 is 0 Å². The summed E-state index contributed by atoms with van der Waals surface area (Å²) in [4.78, 5) is 0. The van der Waals surface area contributed by atoms with Crippen molar-refractivity contribution in [3.63, 3.8) is 0 Å². The number of rotatable bonds is 1. The lowest BCUT2D eigenvalue weighted by molar-refractivity contribution is -0.0203. The molecule has 0 aromatic heterocycles. The van der Waals surface area contributed by atoms with E-state index in [2.05, 4.69) is 13.8 Å². The molecule has 0 saturated carbocycles. The van der Waals surface area contributed by atoms with Gasteiger partial charge < -0.3 is 4.74 Å². The standard InChI is InChI=1S/C7H14O/c1-6(2)8-7(3,4)5/h6H,1-2H2,3-5H3. The molecule has 0 saturated heterocycles. The highest BCUT2D eigenvalue weighted by molar-refractivity contribution is 4.68. The molecule has 1 nitrogen and oxygen atoms in total. The quantitative estimate of drug-likeness (QED) is 0.505. The van der Waals surface area contributed by atoms with Gasteiger partial charge in [-0.1, -0.05) is 0 Å². The van der Waals surface area contributed by atoms with Gasteiger partial charge in [-0.25, -0.2) is 0 Å². The SMILES string of the molecule is [CH2]C([CH2])OC(C)(C)C. The van der Waals surface area contributed by atoms with Gasteiger partial charge in [0, 0.05) is 0 Å². The van der Waals surface area contributed by atoms with Gasteiger partial charge in [-0.15, -0.1) is 0 Å². The van der Waals surface area contributed by atoms with Crippen LogP contribution in [0.25, 0.3) is 0 Å². The van der Waals surface area contributed by atoms with Crippen LogP contribution in [-0.2, 0) is 4.74 Å². The van der Waals surface area contributed by atoms with Crippen molar-refractivity contribution < 1.29 is 4.74 Å². The summed E-state index contributed by atoms with van der Waals surface area (Å²) in [6.07, 6.45) is -0.157. The lowest BCUT2D eigenvalue weighted by atomic mass is 10.2. The van der Waals surface area contributed by atoms with Crippen LogP contribution < -0.4 is 0 Å². The third kappa shape index (κ3) is 5.96. The van der Waals surface area contributed by atoms with Crippen LogP contribution in [0.15, 0.2) is 0 Å². The zero-order chi connectivity index (χ0) is 6.78. The molecular weight excluding hydrogens is 100 g/mol. The summed E-state index contributed by atoms with van der Waals surface area (Å²) in [5.74, 6) is 0. The van der Waals surface area contributed by atoms with E-state index in [-0.39, 0.29) is 11.7 Å². The van der Waals surface area contributed by atoms with Crippen molar-refractivity contribution in [2.45, 2.75) is 32.5 Å². The molecule has 0 atom stereocenters. The Kier molecular flexibility index (Phi) is 2.48. The lowest BCUT2D eigenvalue weighted by Gasteiger charge is -2.21. The Bertz CT molecular complexity index is 59.3. The van der Waals surface area contributed by atoms with Gasteiger partial charge in [0.15, 0.2) is 0 Å². The van der Waals surface area contributed by atoms with Crippen LogP contribution >= 0.6 is 0 Å². The van der Waals surface area contributed by atoms with Crippen molar-refractivity contribution in [1.82, 2.24) is 0 Å². The van der Waals surface area contributed by atoms with Gasteiger partial charge in [0.1, 0.15) is 0 Å². The molecule has 0 amide bonds. The van der Waals surface area contributed by atoms with Crippen LogP contribution in [0.5, 0.6) is 0 Å². The Morgan fingerprint density at radius 3 is 1.62 bits per heavy atom. The second kappa shape index (κ2) is 2.49. The molecule has 0 spiro atoms. The van der Waals surface area contributed by atoms with Crippen molar-refractivity contribution in [2.75, 3.05) is 0 Å². The van der Waals surface area contributed by atoms with Crippen LogP contribution in [0.3, 0.4) is 0 Å². The summed E-state index contributed by atoms with van der Waals surface area (Å²) in [6, 6.07) is 0. The fourth-order valence-corrected chi connectivity index (χ4v) is 0.500. The van der Waals surface area contributed by atoms with E-state index in [0.29, 0.717) is 0 Å². The second-order valence-corrected chi connectivity index (χ2v) is 2.85. The molecule has 0 heterocycles. The van der Waals surface area contributed by atoms with E-state index in [1.54, 1.807) is 0 Å². The van der Waals surface area contributed by atoms with Gasteiger partial charge in [0.05, 0.1) is 11.7 Å².